The number of carbonyl (C=O) groups excluding carboxylic acids is 2. The van der Waals surface area contributed by atoms with Gasteiger partial charge in [0.1, 0.15) is 0 Å². The number of carbonyl (C=O) groups is 2. The van der Waals surface area contributed by atoms with Crippen LogP contribution in [0.1, 0.15) is 49.9 Å². The molecule has 2 aliphatic heterocycles. The SMILES string of the molecule is CCOC(=O)c1ccc(S(=O)(=O)N2CCC(C(=O)NC(C)C3CCCO3)CC2)cc1. The molecule has 2 atom stereocenters. The normalized spacial score (nSPS) is 21.9. The summed E-state index contributed by atoms with van der Waals surface area (Å²) in [5.74, 6) is -0.717. The summed E-state index contributed by atoms with van der Waals surface area (Å²) < 4.78 is 37.8. The summed E-state index contributed by atoms with van der Waals surface area (Å²) in [5.41, 5.74) is 0.312. The Kier molecular flexibility index (Phi) is 7.49. The Morgan fingerprint density at radius 2 is 1.87 bits per heavy atom. The van der Waals surface area contributed by atoms with Crippen LogP contribution in [0.4, 0.5) is 0 Å². The Balaban J connectivity index is 1.55. The molecule has 0 spiro atoms. The number of rotatable bonds is 7. The lowest BCUT2D eigenvalue weighted by molar-refractivity contribution is -0.127. The molecule has 0 bridgehead atoms. The molecule has 30 heavy (non-hydrogen) atoms. The highest BCUT2D eigenvalue weighted by Crippen LogP contribution is 2.25. The first-order valence-corrected chi connectivity index (χ1v) is 12.0. The Morgan fingerprint density at radius 1 is 1.20 bits per heavy atom. The van der Waals surface area contributed by atoms with Gasteiger partial charge in [-0.1, -0.05) is 0 Å². The smallest absolute Gasteiger partial charge is 0.338 e. The maximum atomic E-state index is 12.9. The molecule has 2 aliphatic rings. The fourth-order valence-corrected chi connectivity index (χ4v) is 5.39. The van der Waals surface area contributed by atoms with E-state index in [1.54, 1.807) is 6.92 Å². The highest BCUT2D eigenvalue weighted by Gasteiger charge is 2.33. The average molecular weight is 439 g/mol. The molecular weight excluding hydrogens is 408 g/mol. The largest absolute Gasteiger partial charge is 0.462 e. The molecule has 166 valence electrons. The van der Waals surface area contributed by atoms with Crippen molar-refractivity contribution in [2.45, 2.75) is 56.6 Å². The van der Waals surface area contributed by atoms with E-state index < -0.39 is 16.0 Å². The summed E-state index contributed by atoms with van der Waals surface area (Å²) in [6, 6.07) is 5.71. The summed E-state index contributed by atoms with van der Waals surface area (Å²) in [5, 5.41) is 3.03. The number of piperidine rings is 1. The van der Waals surface area contributed by atoms with E-state index in [1.807, 2.05) is 6.92 Å². The summed E-state index contributed by atoms with van der Waals surface area (Å²) >= 11 is 0. The van der Waals surface area contributed by atoms with Gasteiger partial charge in [0.15, 0.2) is 0 Å². The second kappa shape index (κ2) is 9.89. The minimum atomic E-state index is -3.67. The first kappa shape index (κ1) is 22.7. The summed E-state index contributed by atoms with van der Waals surface area (Å²) in [4.78, 5) is 24.4. The standard InChI is InChI=1S/C21H30N2O6S/c1-3-28-21(25)17-6-8-18(9-7-17)30(26,27)23-12-10-16(11-13-23)20(24)22-15(2)19-5-4-14-29-19/h6-9,15-16,19H,3-5,10-14H2,1-2H3,(H,22,24). The van der Waals surface area contributed by atoms with Gasteiger partial charge in [-0.3, -0.25) is 4.79 Å². The maximum absolute atomic E-state index is 12.9. The summed E-state index contributed by atoms with van der Waals surface area (Å²) in [7, 11) is -3.67. The van der Waals surface area contributed by atoms with Crippen LogP contribution in [-0.2, 0) is 24.3 Å². The van der Waals surface area contributed by atoms with Crippen LogP contribution in [0, 0.1) is 5.92 Å². The van der Waals surface area contributed by atoms with Gasteiger partial charge in [-0.05, 0) is 63.8 Å². The molecule has 0 aliphatic carbocycles. The van der Waals surface area contributed by atoms with E-state index in [0.717, 1.165) is 19.4 Å². The van der Waals surface area contributed by atoms with Crippen LogP contribution in [0.3, 0.4) is 0 Å². The van der Waals surface area contributed by atoms with Gasteiger partial charge < -0.3 is 14.8 Å². The van der Waals surface area contributed by atoms with Crippen LogP contribution < -0.4 is 5.32 Å². The average Bonchev–Trinajstić information content (AvgIpc) is 3.29. The molecule has 2 saturated heterocycles. The number of nitrogens with one attached hydrogen (secondary N) is 1. The van der Waals surface area contributed by atoms with Crippen LogP contribution in [-0.4, -0.2) is 63.0 Å². The number of benzene rings is 1. The van der Waals surface area contributed by atoms with Crippen molar-refractivity contribution in [2.75, 3.05) is 26.3 Å². The third-order valence-electron chi connectivity index (χ3n) is 5.72. The van der Waals surface area contributed by atoms with Gasteiger partial charge in [-0.25, -0.2) is 13.2 Å². The highest BCUT2D eigenvalue weighted by atomic mass is 32.2. The molecular formula is C21H30N2O6S. The van der Waals surface area contributed by atoms with E-state index >= 15 is 0 Å². The van der Waals surface area contributed by atoms with Crippen LogP contribution in [0.25, 0.3) is 0 Å². The Hall–Kier alpha value is -1.97. The van der Waals surface area contributed by atoms with Gasteiger partial charge in [-0.15, -0.1) is 0 Å². The monoisotopic (exact) mass is 438 g/mol. The molecule has 2 unspecified atom stereocenters. The molecule has 0 saturated carbocycles. The fraction of sp³-hybridized carbons (Fsp3) is 0.619. The van der Waals surface area contributed by atoms with Crippen molar-refractivity contribution in [3.8, 4) is 0 Å². The number of ether oxygens (including phenoxy) is 2. The van der Waals surface area contributed by atoms with E-state index in [-0.39, 0.29) is 48.6 Å². The van der Waals surface area contributed by atoms with E-state index in [4.69, 9.17) is 9.47 Å². The molecule has 1 aromatic carbocycles. The first-order chi connectivity index (χ1) is 14.3. The summed E-state index contributed by atoms with van der Waals surface area (Å²) in [6.45, 7) is 5.23. The van der Waals surface area contributed by atoms with Crippen molar-refractivity contribution in [1.29, 1.82) is 0 Å². The Morgan fingerprint density at radius 3 is 2.43 bits per heavy atom. The predicted octanol–water partition coefficient (Wildman–Crippen LogP) is 1.95. The minimum Gasteiger partial charge on any atom is -0.462 e. The quantitative estimate of drug-likeness (QED) is 0.653. The molecule has 1 aromatic rings. The van der Waals surface area contributed by atoms with Crippen molar-refractivity contribution >= 4 is 21.9 Å². The highest BCUT2D eigenvalue weighted by molar-refractivity contribution is 7.89. The lowest BCUT2D eigenvalue weighted by Gasteiger charge is -2.31. The van der Waals surface area contributed by atoms with Crippen molar-refractivity contribution < 1.29 is 27.5 Å². The Labute approximate surface area is 178 Å². The van der Waals surface area contributed by atoms with Crippen molar-refractivity contribution in [3.05, 3.63) is 29.8 Å². The van der Waals surface area contributed by atoms with Crippen molar-refractivity contribution in [1.82, 2.24) is 9.62 Å². The third-order valence-corrected chi connectivity index (χ3v) is 7.63. The lowest BCUT2D eigenvalue weighted by Crippen LogP contribution is -2.47. The van der Waals surface area contributed by atoms with E-state index in [2.05, 4.69) is 5.32 Å². The van der Waals surface area contributed by atoms with Gasteiger partial charge in [-0.2, -0.15) is 4.31 Å². The van der Waals surface area contributed by atoms with Gasteiger partial charge in [0, 0.05) is 25.6 Å². The molecule has 0 aromatic heterocycles. The van der Waals surface area contributed by atoms with Gasteiger partial charge in [0.25, 0.3) is 0 Å². The van der Waals surface area contributed by atoms with Crippen molar-refractivity contribution in [3.63, 3.8) is 0 Å². The number of amides is 1. The first-order valence-electron chi connectivity index (χ1n) is 10.5. The molecule has 8 nitrogen and oxygen atoms in total. The van der Waals surface area contributed by atoms with E-state index in [1.165, 1.54) is 28.6 Å². The van der Waals surface area contributed by atoms with E-state index in [9.17, 15) is 18.0 Å². The van der Waals surface area contributed by atoms with E-state index in [0.29, 0.717) is 18.4 Å². The minimum absolute atomic E-state index is 0.0335. The fourth-order valence-electron chi connectivity index (χ4n) is 3.92. The molecule has 2 heterocycles. The zero-order valence-corrected chi connectivity index (χ0v) is 18.3. The second-order valence-corrected chi connectivity index (χ2v) is 9.71. The topological polar surface area (TPSA) is 102 Å². The lowest BCUT2D eigenvalue weighted by atomic mass is 9.96. The number of hydrogen-bond donors (Lipinski definition) is 1. The van der Waals surface area contributed by atoms with Crippen LogP contribution in [0.2, 0.25) is 0 Å². The number of hydrogen-bond acceptors (Lipinski definition) is 6. The molecule has 1 amide bonds. The van der Waals surface area contributed by atoms with Gasteiger partial charge >= 0.3 is 5.97 Å². The van der Waals surface area contributed by atoms with Gasteiger partial charge in [0.2, 0.25) is 15.9 Å². The maximum Gasteiger partial charge on any atom is 0.338 e. The van der Waals surface area contributed by atoms with Crippen LogP contribution >= 0.6 is 0 Å². The third kappa shape index (κ3) is 5.19. The van der Waals surface area contributed by atoms with Crippen molar-refractivity contribution in [2.24, 2.45) is 5.92 Å². The number of nitrogens with zero attached hydrogens (tertiary/aromatic N) is 1. The molecule has 1 N–H and O–H groups in total. The molecule has 2 fully saturated rings. The molecule has 9 heteroatoms. The Bertz CT molecular complexity index is 841. The number of sulfonamides is 1. The van der Waals surface area contributed by atoms with Crippen LogP contribution in [0.5, 0.6) is 0 Å². The summed E-state index contributed by atoms with van der Waals surface area (Å²) in [6.07, 6.45) is 2.98. The van der Waals surface area contributed by atoms with Crippen LogP contribution in [0.15, 0.2) is 29.2 Å². The zero-order chi connectivity index (χ0) is 21.7. The zero-order valence-electron chi connectivity index (χ0n) is 17.5. The second-order valence-electron chi connectivity index (χ2n) is 7.77. The number of esters is 1. The molecule has 0 radical (unpaired) electrons. The van der Waals surface area contributed by atoms with Gasteiger partial charge in [0.05, 0.1) is 29.2 Å². The predicted molar refractivity (Wildman–Crippen MR) is 110 cm³/mol. The molecule has 3 rings (SSSR count).